The fraction of sp³-hybridized carbons (Fsp3) is 0.458. The number of halogens is 2. The summed E-state index contributed by atoms with van der Waals surface area (Å²) >= 11 is 0. The van der Waals surface area contributed by atoms with Crippen molar-refractivity contribution in [3.05, 3.63) is 54.1 Å². The Hall–Kier alpha value is -2.60. The van der Waals surface area contributed by atoms with Crippen molar-refractivity contribution in [3.63, 3.8) is 0 Å². The van der Waals surface area contributed by atoms with E-state index >= 15 is 0 Å². The Labute approximate surface area is 206 Å². The van der Waals surface area contributed by atoms with Crippen LogP contribution in [0.3, 0.4) is 0 Å². The van der Waals surface area contributed by atoms with E-state index in [0.29, 0.717) is 37.6 Å². The smallest absolute Gasteiger partial charge is 0.410 e. The highest BCUT2D eigenvalue weighted by Crippen LogP contribution is 2.64. The number of amides is 1. The molecule has 0 atom stereocenters. The van der Waals surface area contributed by atoms with Crippen LogP contribution in [0.5, 0.6) is 0 Å². The highest BCUT2D eigenvalue weighted by molar-refractivity contribution is 8.27. The largest absolute Gasteiger partial charge is 0.444 e. The van der Waals surface area contributed by atoms with Gasteiger partial charge in [0, 0.05) is 26.2 Å². The minimum atomic E-state index is -3.76. The number of nitrogens with zero attached hydrogens (tertiary/aromatic N) is 4. The molecule has 35 heavy (non-hydrogen) atoms. The minimum absolute atomic E-state index is 0.221. The normalized spacial score (nSPS) is 19.3. The molecule has 2 heterocycles. The summed E-state index contributed by atoms with van der Waals surface area (Å²) in [7, 11) is -3.76. The maximum absolute atomic E-state index is 14.6. The Kier molecular flexibility index (Phi) is 7.14. The Morgan fingerprint density at radius 2 is 1.60 bits per heavy atom. The van der Waals surface area contributed by atoms with Gasteiger partial charge in [0.1, 0.15) is 11.3 Å². The molecule has 2 aromatic rings. The molecule has 0 spiro atoms. The number of fused-ring (bicyclic) bond motifs is 1. The summed E-state index contributed by atoms with van der Waals surface area (Å²) in [5.41, 5.74) is -0.251. The fourth-order valence-electron chi connectivity index (χ4n) is 4.31. The van der Waals surface area contributed by atoms with E-state index in [9.17, 15) is 22.7 Å². The third-order valence-corrected chi connectivity index (χ3v) is 7.75. The monoisotopic (exact) mass is 510 g/mol. The van der Waals surface area contributed by atoms with Crippen molar-refractivity contribution < 1.29 is 27.4 Å². The molecule has 2 N–H and O–H groups in total. The number of benzene rings is 2. The first-order chi connectivity index (χ1) is 16.5. The Balaban J connectivity index is 1.49. The zero-order chi connectivity index (χ0) is 25.4. The molecule has 0 aromatic heterocycles. The number of hydrogen-bond acceptors (Lipinski definition) is 7. The van der Waals surface area contributed by atoms with Gasteiger partial charge >= 0.3 is 6.09 Å². The van der Waals surface area contributed by atoms with Crippen LogP contribution in [0.4, 0.5) is 30.6 Å². The van der Waals surface area contributed by atoms with E-state index in [0.717, 1.165) is 29.4 Å². The summed E-state index contributed by atoms with van der Waals surface area (Å²) in [4.78, 5) is 16.3. The predicted molar refractivity (Wildman–Crippen MR) is 134 cm³/mol. The van der Waals surface area contributed by atoms with Gasteiger partial charge in [-0.25, -0.2) is 17.9 Å². The molecule has 4 rings (SSSR count). The molecule has 0 radical (unpaired) electrons. The Bertz CT molecular complexity index is 1060. The molecule has 2 aliphatic heterocycles. The van der Waals surface area contributed by atoms with E-state index in [2.05, 4.69) is 4.90 Å². The molecular weight excluding hydrogens is 478 g/mol. The van der Waals surface area contributed by atoms with Gasteiger partial charge in [-0.3, -0.25) is 18.3 Å². The molecule has 0 saturated carbocycles. The highest BCUT2D eigenvalue weighted by atomic mass is 32.3. The SMILES string of the molecule is CC(C)(C)OC(=O)N1CCCN(CCN2c3ccccc3N(c3c(F)cccc3F)S2(O)O)CC1. The number of ether oxygens (including phenoxy) is 1. The topological polar surface area (TPSA) is 79.7 Å². The maximum atomic E-state index is 14.6. The van der Waals surface area contributed by atoms with Crippen LogP contribution in [-0.4, -0.2) is 69.9 Å². The van der Waals surface area contributed by atoms with Crippen molar-refractivity contribution in [1.82, 2.24) is 9.80 Å². The van der Waals surface area contributed by atoms with E-state index in [1.807, 2.05) is 20.8 Å². The van der Waals surface area contributed by atoms with Crippen molar-refractivity contribution in [2.24, 2.45) is 0 Å². The van der Waals surface area contributed by atoms with Crippen LogP contribution in [0.2, 0.25) is 0 Å². The van der Waals surface area contributed by atoms with Crippen LogP contribution in [0.15, 0.2) is 42.5 Å². The number of carbonyl (C=O) groups is 1. The van der Waals surface area contributed by atoms with Crippen LogP contribution in [-0.2, 0) is 4.74 Å². The first kappa shape index (κ1) is 25.5. The van der Waals surface area contributed by atoms with Gasteiger partial charge in [0.2, 0.25) is 0 Å². The lowest BCUT2D eigenvalue weighted by Gasteiger charge is -2.44. The summed E-state index contributed by atoms with van der Waals surface area (Å²) in [5, 5.41) is 0. The second-order valence-corrected chi connectivity index (χ2v) is 11.4. The number of anilines is 3. The summed E-state index contributed by atoms with van der Waals surface area (Å²) in [6.07, 6.45) is 0.406. The molecule has 1 saturated heterocycles. The van der Waals surface area contributed by atoms with E-state index in [1.165, 1.54) is 10.4 Å². The zero-order valence-corrected chi connectivity index (χ0v) is 21.0. The molecule has 8 nitrogen and oxygen atoms in total. The van der Waals surface area contributed by atoms with E-state index < -0.39 is 33.9 Å². The minimum Gasteiger partial charge on any atom is -0.444 e. The number of hydrogen-bond donors (Lipinski definition) is 2. The molecule has 2 aromatic carbocycles. The highest BCUT2D eigenvalue weighted by Gasteiger charge is 2.43. The van der Waals surface area contributed by atoms with Gasteiger partial charge in [0.25, 0.3) is 0 Å². The fourth-order valence-corrected chi connectivity index (χ4v) is 6.09. The zero-order valence-electron chi connectivity index (χ0n) is 20.2. The molecule has 0 aliphatic carbocycles. The first-order valence-electron chi connectivity index (χ1n) is 11.6. The van der Waals surface area contributed by atoms with Crippen LogP contribution >= 0.6 is 11.0 Å². The van der Waals surface area contributed by atoms with E-state index in [4.69, 9.17) is 4.74 Å². The van der Waals surface area contributed by atoms with Gasteiger partial charge in [-0.2, -0.15) is 0 Å². The van der Waals surface area contributed by atoms with Crippen molar-refractivity contribution in [1.29, 1.82) is 0 Å². The van der Waals surface area contributed by atoms with Crippen LogP contribution in [0.25, 0.3) is 0 Å². The molecule has 192 valence electrons. The molecule has 11 heteroatoms. The number of para-hydroxylation sites is 3. The van der Waals surface area contributed by atoms with Gasteiger partial charge in [0.05, 0.1) is 17.9 Å². The van der Waals surface area contributed by atoms with Gasteiger partial charge in [-0.15, -0.1) is 0 Å². The Morgan fingerprint density at radius 1 is 0.943 bits per heavy atom. The van der Waals surface area contributed by atoms with Gasteiger partial charge < -0.3 is 9.64 Å². The quantitative estimate of drug-likeness (QED) is 0.567. The van der Waals surface area contributed by atoms with Gasteiger partial charge in [-0.1, -0.05) is 18.2 Å². The van der Waals surface area contributed by atoms with Crippen molar-refractivity contribution in [3.8, 4) is 0 Å². The third kappa shape index (κ3) is 5.32. The lowest BCUT2D eigenvalue weighted by Crippen LogP contribution is -2.41. The van der Waals surface area contributed by atoms with Gasteiger partial charge in [0.15, 0.2) is 11.6 Å². The molecule has 0 unspecified atom stereocenters. The average Bonchev–Trinajstić information content (AvgIpc) is 2.90. The molecular formula is C24H32F2N4O4S. The average molecular weight is 511 g/mol. The van der Waals surface area contributed by atoms with Crippen LogP contribution in [0.1, 0.15) is 27.2 Å². The summed E-state index contributed by atoms with van der Waals surface area (Å²) in [6, 6.07) is 10.2. The van der Waals surface area contributed by atoms with Gasteiger partial charge in [-0.05, 0) is 69.0 Å². The van der Waals surface area contributed by atoms with Crippen molar-refractivity contribution in [2.45, 2.75) is 32.8 Å². The maximum Gasteiger partial charge on any atom is 0.410 e. The summed E-state index contributed by atoms with van der Waals surface area (Å²) in [5.74, 6) is -1.76. The lowest BCUT2D eigenvalue weighted by molar-refractivity contribution is 0.0258. The molecule has 1 amide bonds. The van der Waals surface area contributed by atoms with Crippen LogP contribution in [0, 0.1) is 11.6 Å². The van der Waals surface area contributed by atoms with Crippen LogP contribution < -0.4 is 8.61 Å². The predicted octanol–water partition coefficient (Wildman–Crippen LogP) is 5.45. The van der Waals surface area contributed by atoms with E-state index in [1.54, 1.807) is 29.2 Å². The third-order valence-electron chi connectivity index (χ3n) is 5.91. The Morgan fingerprint density at radius 3 is 2.26 bits per heavy atom. The summed E-state index contributed by atoms with van der Waals surface area (Å²) < 4.78 is 59.5. The standard InChI is InChI=1S/C24H32F2N4O4S/c1-24(2,3)34-23(31)28-13-7-12-27(14-16-28)15-17-29-20-10-4-5-11-21(20)30(35(29,32)33)22-18(25)8-6-9-19(22)26/h4-6,8-11,32-33H,7,12-17H2,1-3H3. The summed E-state index contributed by atoms with van der Waals surface area (Å²) in [6.45, 7) is 8.58. The van der Waals surface area contributed by atoms with E-state index in [-0.39, 0.29) is 12.6 Å². The first-order valence-corrected chi connectivity index (χ1v) is 13.0. The number of carbonyl (C=O) groups excluding carboxylic acids is 1. The second kappa shape index (κ2) is 9.81. The van der Waals surface area contributed by atoms with Crippen molar-refractivity contribution in [2.75, 3.05) is 47.9 Å². The molecule has 1 fully saturated rings. The lowest BCUT2D eigenvalue weighted by atomic mass is 10.2. The molecule has 0 bridgehead atoms. The molecule has 2 aliphatic rings. The second-order valence-electron chi connectivity index (χ2n) is 9.61. The number of rotatable bonds is 4. The van der Waals surface area contributed by atoms with Crippen molar-refractivity contribution >= 4 is 34.1 Å².